The Morgan fingerprint density at radius 1 is 1.06 bits per heavy atom. The van der Waals surface area contributed by atoms with Crippen molar-refractivity contribution in [2.45, 2.75) is 38.0 Å². The van der Waals surface area contributed by atoms with Gasteiger partial charge in [0.25, 0.3) is 0 Å². The molecule has 0 unspecified atom stereocenters. The van der Waals surface area contributed by atoms with Crippen molar-refractivity contribution in [3.05, 3.63) is 17.0 Å². The van der Waals surface area contributed by atoms with E-state index in [-0.39, 0.29) is 0 Å². The highest BCUT2D eigenvalue weighted by Gasteiger charge is 2.49. The molecule has 3 nitrogen and oxygen atoms in total. The molecule has 4 fully saturated rings. The van der Waals surface area contributed by atoms with E-state index in [4.69, 9.17) is 17.3 Å². The molecule has 4 aliphatic carbocycles. The minimum atomic E-state index is 0.440. The lowest BCUT2D eigenvalue weighted by molar-refractivity contribution is -0.00560. The molecule has 18 heavy (non-hydrogen) atoms. The first-order valence-electron chi connectivity index (χ1n) is 6.98. The van der Waals surface area contributed by atoms with Gasteiger partial charge in [0, 0.05) is 5.92 Å². The molecular formula is C14H18ClN3. The van der Waals surface area contributed by atoms with Crippen LogP contribution in [0.15, 0.2) is 6.20 Å². The number of hydrogen-bond acceptors (Lipinski definition) is 3. The van der Waals surface area contributed by atoms with Crippen LogP contribution in [0.4, 0.5) is 5.82 Å². The Kier molecular flexibility index (Phi) is 2.35. The predicted octanol–water partition coefficient (Wildman–Crippen LogP) is 3.25. The Balaban J connectivity index is 1.70. The van der Waals surface area contributed by atoms with Crippen LogP contribution in [0, 0.1) is 23.7 Å². The molecule has 0 aliphatic heterocycles. The van der Waals surface area contributed by atoms with Crippen LogP contribution in [0.3, 0.4) is 0 Å². The molecule has 0 spiro atoms. The second-order valence-electron chi connectivity index (χ2n) is 6.42. The first-order chi connectivity index (χ1) is 8.70. The fourth-order valence-corrected chi connectivity index (χ4v) is 4.99. The van der Waals surface area contributed by atoms with Gasteiger partial charge >= 0.3 is 0 Å². The van der Waals surface area contributed by atoms with Gasteiger partial charge in [-0.25, -0.2) is 9.97 Å². The molecule has 0 saturated heterocycles. The molecule has 1 aromatic heterocycles. The maximum absolute atomic E-state index is 5.92. The van der Waals surface area contributed by atoms with E-state index in [1.54, 1.807) is 6.20 Å². The minimum absolute atomic E-state index is 0.440. The van der Waals surface area contributed by atoms with Crippen LogP contribution in [0.5, 0.6) is 0 Å². The maximum Gasteiger partial charge on any atom is 0.145 e. The van der Waals surface area contributed by atoms with Crippen LogP contribution in [0.25, 0.3) is 0 Å². The first kappa shape index (κ1) is 11.0. The Morgan fingerprint density at radius 2 is 1.67 bits per heavy atom. The third-order valence-corrected chi connectivity index (χ3v) is 5.61. The van der Waals surface area contributed by atoms with Crippen LogP contribution in [0.2, 0.25) is 5.02 Å². The lowest BCUT2D eigenvalue weighted by Gasteiger charge is -2.53. The third kappa shape index (κ3) is 1.56. The van der Waals surface area contributed by atoms with Gasteiger partial charge in [-0.1, -0.05) is 11.6 Å². The monoisotopic (exact) mass is 263 g/mol. The van der Waals surface area contributed by atoms with Gasteiger partial charge in [0.1, 0.15) is 16.7 Å². The molecule has 96 valence electrons. The summed E-state index contributed by atoms with van der Waals surface area (Å²) in [6.45, 7) is 0. The SMILES string of the molecule is Nc1nc(C2C3CC4CC(C3)CC2C4)ncc1Cl. The smallest absolute Gasteiger partial charge is 0.145 e. The van der Waals surface area contributed by atoms with Crippen LogP contribution in [0.1, 0.15) is 43.8 Å². The first-order valence-corrected chi connectivity index (χ1v) is 7.36. The number of anilines is 1. The summed E-state index contributed by atoms with van der Waals surface area (Å²) >= 11 is 5.92. The van der Waals surface area contributed by atoms with E-state index >= 15 is 0 Å². The summed E-state index contributed by atoms with van der Waals surface area (Å²) in [6.07, 6.45) is 8.66. The summed E-state index contributed by atoms with van der Waals surface area (Å²) in [5.74, 6) is 5.48. The molecular weight excluding hydrogens is 246 g/mol. The van der Waals surface area contributed by atoms with E-state index in [0.29, 0.717) is 16.8 Å². The predicted molar refractivity (Wildman–Crippen MR) is 71.2 cm³/mol. The minimum Gasteiger partial charge on any atom is -0.382 e. The molecule has 4 heteroatoms. The topological polar surface area (TPSA) is 51.8 Å². The molecule has 5 rings (SSSR count). The number of hydrogen-bond donors (Lipinski definition) is 1. The average molecular weight is 264 g/mol. The summed E-state index contributed by atoms with van der Waals surface area (Å²) in [6, 6.07) is 0. The summed E-state index contributed by atoms with van der Waals surface area (Å²) in [5.41, 5.74) is 5.83. The Hall–Kier alpha value is -0.830. The zero-order valence-corrected chi connectivity index (χ0v) is 11.1. The molecule has 4 aliphatic rings. The van der Waals surface area contributed by atoms with Gasteiger partial charge in [-0.3, -0.25) is 0 Å². The number of nitrogens with two attached hydrogens (primary N) is 1. The molecule has 4 bridgehead atoms. The van der Waals surface area contributed by atoms with Crippen LogP contribution in [-0.2, 0) is 0 Å². The highest BCUT2D eigenvalue weighted by molar-refractivity contribution is 6.32. The Bertz CT molecular complexity index is 460. The van der Waals surface area contributed by atoms with Crippen molar-refractivity contribution >= 4 is 17.4 Å². The zero-order chi connectivity index (χ0) is 12.3. The van der Waals surface area contributed by atoms with Crippen molar-refractivity contribution in [1.82, 2.24) is 9.97 Å². The molecule has 0 radical (unpaired) electrons. The fourth-order valence-electron chi connectivity index (χ4n) is 4.90. The highest BCUT2D eigenvalue weighted by Crippen LogP contribution is 2.59. The largest absolute Gasteiger partial charge is 0.382 e. The van der Waals surface area contributed by atoms with Crippen molar-refractivity contribution < 1.29 is 0 Å². The molecule has 2 N–H and O–H groups in total. The van der Waals surface area contributed by atoms with E-state index in [1.165, 1.54) is 32.1 Å². The Labute approximate surface area is 112 Å². The summed E-state index contributed by atoms with van der Waals surface area (Å²) in [4.78, 5) is 8.92. The van der Waals surface area contributed by atoms with Gasteiger partial charge in [-0.2, -0.15) is 0 Å². The molecule has 0 atom stereocenters. The van der Waals surface area contributed by atoms with E-state index in [2.05, 4.69) is 9.97 Å². The second-order valence-corrected chi connectivity index (χ2v) is 6.83. The van der Waals surface area contributed by atoms with Crippen LogP contribution >= 0.6 is 11.6 Å². The number of aromatic nitrogens is 2. The number of rotatable bonds is 1. The molecule has 0 amide bonds. The summed E-state index contributed by atoms with van der Waals surface area (Å²) in [7, 11) is 0. The third-order valence-electron chi connectivity index (χ3n) is 5.31. The second kappa shape index (κ2) is 3.83. The number of nitrogens with zero attached hydrogens (tertiary/aromatic N) is 2. The average Bonchev–Trinajstić information content (AvgIpc) is 2.32. The standard InChI is InChI=1S/C14H18ClN3/c15-11-6-17-14(18-13(11)16)12-9-2-7-1-8(4-9)5-10(12)3-7/h6-10,12H,1-5H2,(H2,16,17,18). The molecule has 1 aromatic rings. The lowest BCUT2D eigenvalue weighted by Crippen LogP contribution is -2.44. The van der Waals surface area contributed by atoms with Crippen LogP contribution in [-0.4, -0.2) is 9.97 Å². The van der Waals surface area contributed by atoms with Crippen molar-refractivity contribution in [3.63, 3.8) is 0 Å². The Morgan fingerprint density at radius 3 is 2.22 bits per heavy atom. The van der Waals surface area contributed by atoms with Crippen molar-refractivity contribution in [3.8, 4) is 0 Å². The zero-order valence-electron chi connectivity index (χ0n) is 10.3. The van der Waals surface area contributed by atoms with Crippen molar-refractivity contribution in [2.75, 3.05) is 5.73 Å². The van der Waals surface area contributed by atoms with Gasteiger partial charge in [-0.05, 0) is 55.8 Å². The van der Waals surface area contributed by atoms with Crippen LogP contribution < -0.4 is 5.73 Å². The normalized spacial score (nSPS) is 41.3. The fraction of sp³-hybridized carbons (Fsp3) is 0.714. The molecule has 1 heterocycles. The van der Waals surface area contributed by atoms with Gasteiger partial charge in [0.15, 0.2) is 0 Å². The van der Waals surface area contributed by atoms with E-state index < -0.39 is 0 Å². The van der Waals surface area contributed by atoms with E-state index in [9.17, 15) is 0 Å². The maximum atomic E-state index is 5.92. The highest BCUT2D eigenvalue weighted by atomic mass is 35.5. The van der Waals surface area contributed by atoms with E-state index in [0.717, 1.165) is 29.5 Å². The number of halogens is 1. The van der Waals surface area contributed by atoms with Gasteiger partial charge in [-0.15, -0.1) is 0 Å². The van der Waals surface area contributed by atoms with Crippen molar-refractivity contribution in [2.24, 2.45) is 23.7 Å². The molecule has 4 saturated carbocycles. The summed E-state index contributed by atoms with van der Waals surface area (Å²) in [5, 5.41) is 0.475. The number of nitrogen functional groups attached to an aromatic ring is 1. The quantitative estimate of drug-likeness (QED) is 0.846. The summed E-state index contributed by atoms with van der Waals surface area (Å²) < 4.78 is 0. The van der Waals surface area contributed by atoms with Gasteiger partial charge < -0.3 is 5.73 Å². The van der Waals surface area contributed by atoms with Gasteiger partial charge in [0.2, 0.25) is 0 Å². The lowest BCUT2D eigenvalue weighted by atomic mass is 9.51. The molecule has 0 aromatic carbocycles. The van der Waals surface area contributed by atoms with Gasteiger partial charge in [0.05, 0.1) is 6.20 Å². The van der Waals surface area contributed by atoms with Crippen molar-refractivity contribution in [1.29, 1.82) is 0 Å². The van der Waals surface area contributed by atoms with E-state index in [1.807, 2.05) is 0 Å².